The SMILES string of the molecule is CNC(=O)[C@@H]1CN(C[C@@H]2C(C)=CCC[C@@H]2C)CCO1. The molecule has 0 aromatic heterocycles. The van der Waals surface area contributed by atoms with E-state index in [-0.39, 0.29) is 12.0 Å². The van der Waals surface area contributed by atoms with E-state index in [0.29, 0.717) is 12.5 Å². The fourth-order valence-corrected chi connectivity index (χ4v) is 3.17. The fraction of sp³-hybridized carbons (Fsp3) is 0.800. The van der Waals surface area contributed by atoms with Crippen molar-refractivity contribution in [2.45, 2.75) is 32.8 Å². The molecule has 1 heterocycles. The van der Waals surface area contributed by atoms with Gasteiger partial charge in [-0.25, -0.2) is 0 Å². The summed E-state index contributed by atoms with van der Waals surface area (Å²) in [4.78, 5) is 14.0. The average Bonchev–Trinajstić information content (AvgIpc) is 2.42. The minimum Gasteiger partial charge on any atom is -0.366 e. The molecule has 0 unspecified atom stereocenters. The van der Waals surface area contributed by atoms with Gasteiger partial charge in [0.1, 0.15) is 6.10 Å². The van der Waals surface area contributed by atoms with Gasteiger partial charge in [0.25, 0.3) is 0 Å². The Morgan fingerprint density at radius 1 is 1.58 bits per heavy atom. The van der Waals surface area contributed by atoms with E-state index < -0.39 is 0 Å². The summed E-state index contributed by atoms with van der Waals surface area (Å²) in [6.45, 7) is 7.96. The molecular weight excluding hydrogens is 240 g/mol. The second kappa shape index (κ2) is 6.53. The molecule has 108 valence electrons. The fourth-order valence-electron chi connectivity index (χ4n) is 3.17. The van der Waals surface area contributed by atoms with E-state index in [2.05, 4.69) is 30.1 Å². The highest BCUT2D eigenvalue weighted by Gasteiger charge is 2.30. The predicted molar refractivity (Wildman–Crippen MR) is 75.9 cm³/mol. The van der Waals surface area contributed by atoms with Crippen molar-refractivity contribution < 1.29 is 9.53 Å². The summed E-state index contributed by atoms with van der Waals surface area (Å²) in [6.07, 6.45) is 4.57. The topological polar surface area (TPSA) is 41.6 Å². The molecule has 4 heteroatoms. The van der Waals surface area contributed by atoms with E-state index in [1.54, 1.807) is 7.05 Å². The molecule has 0 aromatic carbocycles. The van der Waals surface area contributed by atoms with Gasteiger partial charge in [0.15, 0.2) is 0 Å². The maximum atomic E-state index is 11.7. The van der Waals surface area contributed by atoms with Gasteiger partial charge in [0.2, 0.25) is 5.91 Å². The Hall–Kier alpha value is -0.870. The predicted octanol–water partition coefficient (Wildman–Crippen LogP) is 1.43. The average molecular weight is 266 g/mol. The first-order chi connectivity index (χ1) is 9.11. The number of rotatable bonds is 3. The number of hydrogen-bond donors (Lipinski definition) is 1. The first kappa shape index (κ1) is 14.5. The van der Waals surface area contributed by atoms with Gasteiger partial charge in [-0.05, 0) is 31.6 Å². The van der Waals surface area contributed by atoms with Gasteiger partial charge >= 0.3 is 0 Å². The number of nitrogens with zero attached hydrogens (tertiary/aromatic N) is 1. The molecule has 1 aliphatic heterocycles. The van der Waals surface area contributed by atoms with Gasteiger partial charge < -0.3 is 10.1 Å². The molecule has 2 rings (SSSR count). The highest BCUT2D eigenvalue weighted by Crippen LogP contribution is 2.31. The van der Waals surface area contributed by atoms with Gasteiger partial charge in [0, 0.05) is 26.7 Å². The van der Waals surface area contributed by atoms with Crippen molar-refractivity contribution in [3.8, 4) is 0 Å². The van der Waals surface area contributed by atoms with Gasteiger partial charge in [0.05, 0.1) is 6.61 Å². The zero-order chi connectivity index (χ0) is 13.8. The number of nitrogens with one attached hydrogen (secondary N) is 1. The van der Waals surface area contributed by atoms with Crippen molar-refractivity contribution in [2.75, 3.05) is 33.3 Å². The molecule has 0 spiro atoms. The molecule has 2 aliphatic rings. The molecule has 1 N–H and O–H groups in total. The molecule has 0 radical (unpaired) electrons. The quantitative estimate of drug-likeness (QED) is 0.786. The Labute approximate surface area is 116 Å². The summed E-state index contributed by atoms with van der Waals surface area (Å²) in [7, 11) is 1.67. The normalized spacial score (nSPS) is 32.8. The van der Waals surface area contributed by atoms with Gasteiger partial charge in [-0.3, -0.25) is 9.69 Å². The van der Waals surface area contributed by atoms with E-state index >= 15 is 0 Å². The van der Waals surface area contributed by atoms with E-state index in [9.17, 15) is 4.79 Å². The van der Waals surface area contributed by atoms with Crippen LogP contribution in [0.5, 0.6) is 0 Å². The zero-order valence-electron chi connectivity index (χ0n) is 12.3. The lowest BCUT2D eigenvalue weighted by Crippen LogP contribution is -2.50. The summed E-state index contributed by atoms with van der Waals surface area (Å²) in [5.41, 5.74) is 1.52. The number of likely N-dealkylation sites (N-methyl/N-ethyl adjacent to an activating group) is 1. The van der Waals surface area contributed by atoms with Crippen molar-refractivity contribution in [3.05, 3.63) is 11.6 Å². The van der Waals surface area contributed by atoms with Crippen LogP contribution in [-0.2, 0) is 9.53 Å². The first-order valence-electron chi connectivity index (χ1n) is 7.34. The molecule has 1 aliphatic carbocycles. The molecule has 3 atom stereocenters. The molecule has 0 aromatic rings. The van der Waals surface area contributed by atoms with Crippen LogP contribution < -0.4 is 5.32 Å². The molecule has 1 saturated heterocycles. The summed E-state index contributed by atoms with van der Waals surface area (Å²) < 4.78 is 5.54. The van der Waals surface area contributed by atoms with Crippen LogP contribution in [0.15, 0.2) is 11.6 Å². The monoisotopic (exact) mass is 266 g/mol. The maximum absolute atomic E-state index is 11.7. The third-order valence-electron chi connectivity index (χ3n) is 4.50. The van der Waals surface area contributed by atoms with Crippen LogP contribution >= 0.6 is 0 Å². The van der Waals surface area contributed by atoms with Gasteiger partial charge in [-0.15, -0.1) is 0 Å². The molecule has 4 nitrogen and oxygen atoms in total. The van der Waals surface area contributed by atoms with Crippen molar-refractivity contribution >= 4 is 5.91 Å². The van der Waals surface area contributed by atoms with Crippen LogP contribution in [0.1, 0.15) is 26.7 Å². The highest BCUT2D eigenvalue weighted by atomic mass is 16.5. The molecule has 1 fully saturated rings. The summed E-state index contributed by atoms with van der Waals surface area (Å²) in [5, 5.41) is 2.67. The van der Waals surface area contributed by atoms with Gasteiger partial charge in [-0.2, -0.15) is 0 Å². The number of morpholine rings is 1. The number of ether oxygens (including phenoxy) is 1. The largest absolute Gasteiger partial charge is 0.366 e. The van der Waals surface area contributed by atoms with E-state index in [1.165, 1.54) is 18.4 Å². The minimum absolute atomic E-state index is 0.00587. The first-order valence-corrected chi connectivity index (χ1v) is 7.34. The molecule has 0 bridgehead atoms. The molecular formula is C15H26N2O2. The number of allylic oxidation sites excluding steroid dienone is 1. The highest BCUT2D eigenvalue weighted by molar-refractivity contribution is 5.80. The lowest BCUT2D eigenvalue weighted by Gasteiger charge is -2.37. The lowest BCUT2D eigenvalue weighted by atomic mass is 9.79. The second-order valence-corrected chi connectivity index (χ2v) is 5.84. The number of carbonyl (C=O) groups is 1. The van der Waals surface area contributed by atoms with Crippen LogP contribution in [0.4, 0.5) is 0 Å². The van der Waals surface area contributed by atoms with Crippen LogP contribution in [0.2, 0.25) is 0 Å². The van der Waals surface area contributed by atoms with E-state index in [4.69, 9.17) is 4.74 Å². The zero-order valence-corrected chi connectivity index (χ0v) is 12.3. The van der Waals surface area contributed by atoms with Crippen molar-refractivity contribution in [1.82, 2.24) is 10.2 Å². The van der Waals surface area contributed by atoms with E-state index in [0.717, 1.165) is 25.6 Å². The van der Waals surface area contributed by atoms with Crippen LogP contribution in [-0.4, -0.2) is 50.2 Å². The Kier molecular flexibility index (Phi) is 4.99. The summed E-state index contributed by atoms with van der Waals surface area (Å²) in [6, 6.07) is 0. The van der Waals surface area contributed by atoms with E-state index in [1.807, 2.05) is 0 Å². The Morgan fingerprint density at radius 3 is 3.05 bits per heavy atom. The number of hydrogen-bond acceptors (Lipinski definition) is 3. The summed E-state index contributed by atoms with van der Waals surface area (Å²) >= 11 is 0. The Morgan fingerprint density at radius 2 is 2.37 bits per heavy atom. The van der Waals surface area contributed by atoms with Crippen molar-refractivity contribution in [3.63, 3.8) is 0 Å². The van der Waals surface area contributed by atoms with Crippen molar-refractivity contribution in [2.24, 2.45) is 11.8 Å². The lowest BCUT2D eigenvalue weighted by molar-refractivity contribution is -0.138. The van der Waals surface area contributed by atoms with Crippen molar-refractivity contribution in [1.29, 1.82) is 0 Å². The minimum atomic E-state index is -0.304. The number of amides is 1. The van der Waals surface area contributed by atoms with Crippen LogP contribution in [0.25, 0.3) is 0 Å². The standard InChI is InChI=1S/C15H26N2O2/c1-11-5-4-6-12(2)13(11)9-17-7-8-19-14(10-17)15(18)16-3/h5,12-14H,4,6-10H2,1-3H3,(H,16,18)/t12-,13+,14-/m0/s1. The van der Waals surface area contributed by atoms with Crippen LogP contribution in [0, 0.1) is 11.8 Å². The van der Waals surface area contributed by atoms with Crippen LogP contribution in [0.3, 0.4) is 0 Å². The second-order valence-electron chi connectivity index (χ2n) is 5.84. The smallest absolute Gasteiger partial charge is 0.250 e. The Balaban J connectivity index is 1.93. The molecule has 0 saturated carbocycles. The molecule has 19 heavy (non-hydrogen) atoms. The van der Waals surface area contributed by atoms with Gasteiger partial charge in [-0.1, -0.05) is 18.6 Å². The maximum Gasteiger partial charge on any atom is 0.250 e. The Bertz CT molecular complexity index is 354. The summed E-state index contributed by atoms with van der Waals surface area (Å²) in [5.74, 6) is 1.37. The third kappa shape index (κ3) is 3.57. The number of carbonyl (C=O) groups excluding carboxylic acids is 1. The molecule has 1 amide bonds. The third-order valence-corrected chi connectivity index (χ3v) is 4.50.